The van der Waals surface area contributed by atoms with Crippen LogP contribution >= 0.6 is 11.5 Å². The van der Waals surface area contributed by atoms with Crippen molar-refractivity contribution in [1.82, 2.24) is 4.37 Å². The number of aromatic nitrogens is 1. The Balaban J connectivity index is 0.000000461. The Kier molecular flexibility index (Phi) is 4.86. The van der Waals surface area contributed by atoms with Gasteiger partial charge in [-0.1, -0.05) is 13.8 Å². The van der Waals surface area contributed by atoms with E-state index in [2.05, 4.69) is 4.37 Å². The Morgan fingerprint density at radius 1 is 1.64 bits per heavy atom. The van der Waals surface area contributed by atoms with E-state index < -0.39 is 0 Å². The summed E-state index contributed by atoms with van der Waals surface area (Å²) < 4.78 is 3.84. The average molecular weight is 163 g/mol. The van der Waals surface area contributed by atoms with Gasteiger partial charge in [-0.25, -0.2) is 0 Å². The molecule has 1 rings (SSSR count). The van der Waals surface area contributed by atoms with Gasteiger partial charge in [0.1, 0.15) is 0 Å². The molecule has 11 heavy (non-hydrogen) atoms. The molecule has 0 aliphatic carbocycles. The van der Waals surface area contributed by atoms with Crippen LogP contribution in [-0.2, 0) is 0 Å². The summed E-state index contributed by atoms with van der Waals surface area (Å²) in [5.41, 5.74) is 5.92. The molecule has 2 N–H and O–H groups in total. The summed E-state index contributed by atoms with van der Waals surface area (Å²) in [5.74, 6) is 0. The van der Waals surface area contributed by atoms with Crippen LogP contribution in [0.25, 0.3) is 0 Å². The molecule has 0 bridgehead atoms. The predicted octanol–water partition coefficient (Wildman–Crippen LogP) is 0.567. The van der Waals surface area contributed by atoms with Crippen molar-refractivity contribution in [3.63, 3.8) is 0 Å². The van der Waals surface area contributed by atoms with Crippen molar-refractivity contribution >= 4 is 37.2 Å². The molecule has 0 aromatic carbocycles. The summed E-state index contributed by atoms with van der Waals surface area (Å²) in [6.45, 7) is 4.00. The number of nitrogens with two attached hydrogens (primary N) is 1. The SMILES string of the molecule is CC.[B]C(=[B])c1cc(N)sn1. The third-order valence-corrected chi connectivity index (χ3v) is 1.44. The molecule has 0 aliphatic heterocycles. The van der Waals surface area contributed by atoms with Gasteiger partial charge in [-0.05, 0) is 0 Å². The molecule has 1 aromatic heterocycles. The van der Waals surface area contributed by atoms with E-state index in [1.807, 2.05) is 13.8 Å². The first kappa shape index (κ1) is 10.4. The third kappa shape index (κ3) is 3.37. The Hall–Kier alpha value is -0.570. The van der Waals surface area contributed by atoms with E-state index in [0.29, 0.717) is 10.7 Å². The zero-order valence-corrected chi connectivity index (χ0v) is 7.48. The van der Waals surface area contributed by atoms with E-state index in [1.54, 1.807) is 6.07 Å². The van der Waals surface area contributed by atoms with Crippen LogP contribution in [0.1, 0.15) is 19.5 Å². The van der Waals surface area contributed by atoms with Crippen molar-refractivity contribution in [3.8, 4) is 0 Å². The van der Waals surface area contributed by atoms with E-state index in [9.17, 15) is 0 Å². The van der Waals surface area contributed by atoms with E-state index in [-0.39, 0.29) is 5.36 Å². The summed E-state index contributed by atoms with van der Waals surface area (Å²) in [5, 5.41) is 0.835. The Labute approximate surface area is 73.5 Å². The van der Waals surface area contributed by atoms with Crippen LogP contribution in [0.15, 0.2) is 6.07 Å². The van der Waals surface area contributed by atoms with Gasteiger partial charge in [0, 0.05) is 0 Å². The second-order valence-electron chi connectivity index (χ2n) is 1.57. The first-order valence-electron chi connectivity index (χ1n) is 3.30. The molecule has 0 aliphatic rings. The van der Waals surface area contributed by atoms with Crippen molar-refractivity contribution in [2.24, 2.45) is 0 Å². The molecule has 0 spiro atoms. The Morgan fingerprint density at radius 3 is 2.36 bits per heavy atom. The van der Waals surface area contributed by atoms with E-state index in [1.165, 1.54) is 11.5 Å². The number of nitrogen functional groups attached to an aromatic ring is 1. The van der Waals surface area contributed by atoms with Crippen LogP contribution in [0.3, 0.4) is 0 Å². The quantitative estimate of drug-likeness (QED) is 0.614. The first-order valence-corrected chi connectivity index (χ1v) is 4.08. The van der Waals surface area contributed by atoms with Gasteiger partial charge in [0.15, 0.2) is 0 Å². The van der Waals surface area contributed by atoms with Crippen molar-refractivity contribution < 1.29 is 0 Å². The molecule has 5 heteroatoms. The summed E-state index contributed by atoms with van der Waals surface area (Å²) >= 11 is 1.18. The van der Waals surface area contributed by atoms with Gasteiger partial charge >= 0.3 is 59.1 Å². The van der Waals surface area contributed by atoms with Gasteiger partial charge in [-0.2, -0.15) is 0 Å². The molecular formula is C6H9B2N2S. The van der Waals surface area contributed by atoms with Gasteiger partial charge in [0.2, 0.25) is 0 Å². The van der Waals surface area contributed by atoms with Crippen LogP contribution in [0, 0.1) is 0 Å². The van der Waals surface area contributed by atoms with Gasteiger partial charge < -0.3 is 0 Å². The summed E-state index contributed by atoms with van der Waals surface area (Å²) in [6, 6.07) is 1.64. The third-order valence-electron chi connectivity index (χ3n) is 0.824. The number of hydrogen-bond acceptors (Lipinski definition) is 3. The van der Waals surface area contributed by atoms with Crippen molar-refractivity contribution in [2.75, 3.05) is 5.73 Å². The molecule has 3 radical (unpaired) electrons. The van der Waals surface area contributed by atoms with Crippen molar-refractivity contribution in [3.05, 3.63) is 11.8 Å². The van der Waals surface area contributed by atoms with Crippen LogP contribution in [0.4, 0.5) is 5.00 Å². The van der Waals surface area contributed by atoms with Gasteiger partial charge in [-0.3, -0.25) is 0 Å². The fourth-order valence-electron chi connectivity index (χ4n) is 0.425. The molecule has 0 saturated carbocycles. The number of rotatable bonds is 1. The first-order chi connectivity index (χ1) is 5.20. The molecular weight excluding hydrogens is 154 g/mol. The van der Waals surface area contributed by atoms with Crippen LogP contribution in [0.2, 0.25) is 0 Å². The fraction of sp³-hybridized carbons (Fsp3) is 0.333. The van der Waals surface area contributed by atoms with Crippen molar-refractivity contribution in [1.29, 1.82) is 0 Å². The normalized spacial score (nSPS) is 8.09. The zero-order valence-electron chi connectivity index (χ0n) is 6.66. The number of nitrogens with zero attached hydrogens (tertiary/aromatic N) is 1. The Morgan fingerprint density at radius 2 is 2.18 bits per heavy atom. The molecule has 1 heterocycles. The van der Waals surface area contributed by atoms with E-state index >= 15 is 0 Å². The summed E-state index contributed by atoms with van der Waals surface area (Å²) in [4.78, 5) is 0. The monoisotopic (exact) mass is 163 g/mol. The summed E-state index contributed by atoms with van der Waals surface area (Å²) in [6.07, 6.45) is 0. The molecule has 0 amide bonds. The maximum atomic E-state index is 5.35. The van der Waals surface area contributed by atoms with E-state index in [4.69, 9.17) is 21.1 Å². The standard InChI is InChI=1S/C4H3B2N2S.C2H6/c5-4(6)2-1-3(7)9-8-2;1-2/h1H,7H2;1-2H3. The molecule has 0 atom stereocenters. The van der Waals surface area contributed by atoms with Gasteiger partial charge in [0.05, 0.1) is 0 Å². The molecule has 2 nitrogen and oxygen atoms in total. The second-order valence-corrected chi connectivity index (χ2v) is 2.41. The average Bonchev–Trinajstić information content (AvgIpc) is 2.40. The summed E-state index contributed by atoms with van der Waals surface area (Å²) in [7, 11) is 10.4. The molecule has 1 aromatic rings. The topological polar surface area (TPSA) is 38.9 Å². The van der Waals surface area contributed by atoms with Crippen LogP contribution in [0.5, 0.6) is 0 Å². The zero-order chi connectivity index (χ0) is 8.85. The number of hydrogen-bond donors (Lipinski definition) is 1. The van der Waals surface area contributed by atoms with Gasteiger partial charge in [0.25, 0.3) is 0 Å². The minimum absolute atomic E-state index is 0.211. The van der Waals surface area contributed by atoms with Crippen molar-refractivity contribution in [2.45, 2.75) is 13.8 Å². The maximum absolute atomic E-state index is 5.35. The fourth-order valence-corrected chi connectivity index (χ4v) is 0.952. The van der Waals surface area contributed by atoms with Crippen LogP contribution < -0.4 is 5.73 Å². The predicted molar refractivity (Wildman–Crippen MR) is 53.5 cm³/mol. The molecule has 0 unspecified atom stereocenters. The van der Waals surface area contributed by atoms with Crippen LogP contribution in [-0.4, -0.2) is 25.1 Å². The number of anilines is 1. The minimum atomic E-state index is 0.211. The second kappa shape index (κ2) is 5.13. The molecule has 0 saturated heterocycles. The van der Waals surface area contributed by atoms with E-state index in [0.717, 1.165) is 0 Å². The molecule has 55 valence electrons. The Bertz CT molecular complexity index is 234. The molecule has 0 fully saturated rings. The van der Waals surface area contributed by atoms with Gasteiger partial charge in [-0.15, -0.1) is 0 Å².